The summed E-state index contributed by atoms with van der Waals surface area (Å²) in [5, 5.41) is 6.35. The summed E-state index contributed by atoms with van der Waals surface area (Å²) < 4.78 is 0. The largest absolute Gasteiger partial charge is 0.369 e. The molecule has 2 amide bonds. The fourth-order valence-corrected chi connectivity index (χ4v) is 3.76. The first kappa shape index (κ1) is 16.6. The zero-order chi connectivity index (χ0) is 17.1. The molecule has 2 aromatic heterocycles. The molecule has 1 N–H and O–H groups in total. The van der Waals surface area contributed by atoms with Gasteiger partial charge in [-0.2, -0.15) is 0 Å². The average Bonchev–Trinajstić information content (AvgIpc) is 2.97. The van der Waals surface area contributed by atoms with E-state index in [1.165, 1.54) is 0 Å². The number of carbonyl (C=O) groups excluding carboxylic acids is 2. The van der Waals surface area contributed by atoms with Gasteiger partial charge in [-0.25, -0.2) is 9.97 Å². The maximum atomic E-state index is 12.3. The molecule has 1 aliphatic heterocycles. The van der Waals surface area contributed by atoms with Crippen molar-refractivity contribution in [2.45, 2.75) is 20.3 Å². The van der Waals surface area contributed by atoms with Gasteiger partial charge in [0.15, 0.2) is 0 Å². The second-order valence-electron chi connectivity index (χ2n) is 5.88. The quantitative estimate of drug-likeness (QED) is 0.907. The second-order valence-corrected chi connectivity index (χ2v) is 6.74. The Labute approximate surface area is 144 Å². The SMILES string of the molecule is CC(=O)N1CCN(C(=O)CCNc2ncnc3scc(C)c23)CC1. The highest BCUT2D eigenvalue weighted by Crippen LogP contribution is 2.28. The van der Waals surface area contributed by atoms with Crippen LogP contribution in [-0.2, 0) is 9.59 Å². The van der Waals surface area contributed by atoms with Gasteiger partial charge in [-0.15, -0.1) is 11.3 Å². The van der Waals surface area contributed by atoms with E-state index in [0.717, 1.165) is 21.6 Å². The van der Waals surface area contributed by atoms with E-state index in [1.54, 1.807) is 29.5 Å². The molecule has 24 heavy (non-hydrogen) atoms. The van der Waals surface area contributed by atoms with Crippen LogP contribution >= 0.6 is 11.3 Å². The van der Waals surface area contributed by atoms with Crippen molar-refractivity contribution in [2.24, 2.45) is 0 Å². The van der Waals surface area contributed by atoms with Gasteiger partial charge in [0.2, 0.25) is 11.8 Å². The lowest BCUT2D eigenvalue weighted by atomic mass is 10.2. The number of fused-ring (bicyclic) bond motifs is 1. The highest BCUT2D eigenvalue weighted by molar-refractivity contribution is 7.17. The van der Waals surface area contributed by atoms with Crippen LogP contribution in [0.25, 0.3) is 10.2 Å². The molecule has 7 nitrogen and oxygen atoms in total. The van der Waals surface area contributed by atoms with Crippen LogP contribution in [0.15, 0.2) is 11.7 Å². The van der Waals surface area contributed by atoms with Crippen molar-refractivity contribution in [1.82, 2.24) is 19.8 Å². The van der Waals surface area contributed by atoms with Crippen molar-refractivity contribution in [1.29, 1.82) is 0 Å². The summed E-state index contributed by atoms with van der Waals surface area (Å²) in [4.78, 5) is 36.7. The molecule has 3 rings (SSSR count). The number of hydrogen-bond donors (Lipinski definition) is 1. The zero-order valence-electron chi connectivity index (χ0n) is 13.9. The lowest BCUT2D eigenvalue weighted by Crippen LogP contribution is -2.50. The molecule has 1 saturated heterocycles. The third-order valence-electron chi connectivity index (χ3n) is 4.26. The number of nitrogens with one attached hydrogen (secondary N) is 1. The summed E-state index contributed by atoms with van der Waals surface area (Å²) >= 11 is 1.59. The van der Waals surface area contributed by atoms with E-state index >= 15 is 0 Å². The van der Waals surface area contributed by atoms with Crippen LogP contribution in [0, 0.1) is 6.92 Å². The van der Waals surface area contributed by atoms with Crippen LogP contribution in [0.1, 0.15) is 18.9 Å². The van der Waals surface area contributed by atoms with Crippen molar-refractivity contribution in [2.75, 3.05) is 38.0 Å². The van der Waals surface area contributed by atoms with Crippen molar-refractivity contribution in [3.8, 4) is 0 Å². The Hall–Kier alpha value is -2.22. The van der Waals surface area contributed by atoms with E-state index < -0.39 is 0 Å². The monoisotopic (exact) mass is 347 g/mol. The number of carbonyl (C=O) groups is 2. The molecule has 0 aromatic carbocycles. The summed E-state index contributed by atoms with van der Waals surface area (Å²) in [5.74, 6) is 0.966. The van der Waals surface area contributed by atoms with E-state index in [4.69, 9.17) is 0 Å². The second kappa shape index (κ2) is 7.12. The number of aromatic nitrogens is 2. The lowest BCUT2D eigenvalue weighted by molar-refractivity contribution is -0.138. The molecule has 0 aliphatic carbocycles. The lowest BCUT2D eigenvalue weighted by Gasteiger charge is -2.34. The average molecular weight is 347 g/mol. The Bertz CT molecular complexity index is 752. The van der Waals surface area contributed by atoms with Crippen LogP contribution in [0.2, 0.25) is 0 Å². The maximum absolute atomic E-state index is 12.3. The van der Waals surface area contributed by atoms with Gasteiger partial charge in [-0.3, -0.25) is 9.59 Å². The highest BCUT2D eigenvalue weighted by atomic mass is 32.1. The standard InChI is InChI=1S/C16H21N5O2S/c1-11-9-24-16-14(11)15(18-10-19-16)17-4-3-13(23)21-7-5-20(6-8-21)12(2)22/h9-10H,3-8H2,1-2H3,(H,17,18,19). The fraction of sp³-hybridized carbons (Fsp3) is 0.500. The molecule has 0 bridgehead atoms. The first-order chi connectivity index (χ1) is 11.6. The van der Waals surface area contributed by atoms with E-state index in [2.05, 4.69) is 20.7 Å². The van der Waals surface area contributed by atoms with Gasteiger partial charge in [0, 0.05) is 46.1 Å². The highest BCUT2D eigenvalue weighted by Gasteiger charge is 2.21. The molecule has 0 unspecified atom stereocenters. The zero-order valence-corrected chi connectivity index (χ0v) is 14.7. The number of nitrogens with zero attached hydrogens (tertiary/aromatic N) is 4. The Balaban J connectivity index is 1.52. The van der Waals surface area contributed by atoms with Crippen LogP contribution in [0.3, 0.4) is 0 Å². The van der Waals surface area contributed by atoms with Crippen LogP contribution in [-0.4, -0.2) is 64.3 Å². The van der Waals surface area contributed by atoms with Gasteiger partial charge in [-0.05, 0) is 17.9 Å². The van der Waals surface area contributed by atoms with Crippen LogP contribution in [0.5, 0.6) is 0 Å². The Morgan fingerprint density at radius 1 is 1.21 bits per heavy atom. The van der Waals surface area contributed by atoms with Crippen molar-refractivity contribution in [3.63, 3.8) is 0 Å². The molecule has 3 heterocycles. The van der Waals surface area contributed by atoms with Crippen molar-refractivity contribution in [3.05, 3.63) is 17.3 Å². The van der Waals surface area contributed by atoms with E-state index in [-0.39, 0.29) is 11.8 Å². The van der Waals surface area contributed by atoms with Gasteiger partial charge in [0.1, 0.15) is 17.0 Å². The normalized spacial score (nSPS) is 14.9. The molecule has 1 fully saturated rings. The Morgan fingerprint density at radius 2 is 1.92 bits per heavy atom. The summed E-state index contributed by atoms with van der Waals surface area (Å²) in [6.45, 7) is 6.60. The van der Waals surface area contributed by atoms with E-state index in [9.17, 15) is 9.59 Å². The van der Waals surface area contributed by atoms with Crippen LogP contribution < -0.4 is 5.32 Å². The first-order valence-electron chi connectivity index (χ1n) is 8.02. The molecular formula is C16H21N5O2S. The number of piperazine rings is 1. The molecule has 0 atom stereocenters. The minimum atomic E-state index is 0.0719. The van der Waals surface area contributed by atoms with E-state index in [1.807, 2.05) is 11.8 Å². The van der Waals surface area contributed by atoms with Gasteiger partial charge in [-0.1, -0.05) is 0 Å². The van der Waals surface area contributed by atoms with Crippen molar-refractivity contribution >= 4 is 39.2 Å². The minimum Gasteiger partial charge on any atom is -0.369 e. The minimum absolute atomic E-state index is 0.0719. The molecule has 128 valence electrons. The molecule has 2 aromatic rings. The molecule has 0 radical (unpaired) electrons. The van der Waals surface area contributed by atoms with Crippen molar-refractivity contribution < 1.29 is 9.59 Å². The summed E-state index contributed by atoms with van der Waals surface area (Å²) in [6.07, 6.45) is 1.96. The Morgan fingerprint density at radius 3 is 2.62 bits per heavy atom. The molecule has 0 spiro atoms. The number of amides is 2. The van der Waals surface area contributed by atoms with E-state index in [0.29, 0.717) is 39.1 Å². The molecule has 0 saturated carbocycles. The third kappa shape index (κ3) is 3.48. The van der Waals surface area contributed by atoms with Gasteiger partial charge < -0.3 is 15.1 Å². The fourth-order valence-electron chi connectivity index (χ4n) is 2.87. The van der Waals surface area contributed by atoms with Gasteiger partial charge >= 0.3 is 0 Å². The topological polar surface area (TPSA) is 78.4 Å². The Kier molecular flexibility index (Phi) is 4.94. The van der Waals surface area contributed by atoms with Gasteiger partial charge in [0.05, 0.1) is 5.39 Å². The first-order valence-corrected chi connectivity index (χ1v) is 8.90. The smallest absolute Gasteiger partial charge is 0.224 e. The maximum Gasteiger partial charge on any atom is 0.224 e. The number of rotatable bonds is 4. The third-order valence-corrected chi connectivity index (χ3v) is 5.27. The predicted octanol–water partition coefficient (Wildman–Crippen LogP) is 1.49. The molecular weight excluding hydrogens is 326 g/mol. The molecule has 8 heteroatoms. The number of thiophene rings is 1. The number of aryl methyl sites for hydroxylation is 1. The molecule has 1 aliphatic rings. The summed E-state index contributed by atoms with van der Waals surface area (Å²) in [5.41, 5.74) is 1.14. The summed E-state index contributed by atoms with van der Waals surface area (Å²) in [6, 6.07) is 0. The number of anilines is 1. The number of hydrogen-bond acceptors (Lipinski definition) is 6. The summed E-state index contributed by atoms with van der Waals surface area (Å²) in [7, 11) is 0. The van der Waals surface area contributed by atoms with Crippen LogP contribution in [0.4, 0.5) is 5.82 Å². The predicted molar refractivity (Wildman–Crippen MR) is 94.1 cm³/mol. The van der Waals surface area contributed by atoms with Gasteiger partial charge in [0.25, 0.3) is 0 Å².